The third kappa shape index (κ3) is 5.07. The molecule has 0 radical (unpaired) electrons. The van der Waals surface area contributed by atoms with Crippen molar-refractivity contribution in [2.75, 3.05) is 27.7 Å². The van der Waals surface area contributed by atoms with Crippen LogP contribution in [0.4, 0.5) is 0 Å². The summed E-state index contributed by atoms with van der Waals surface area (Å²) in [6, 6.07) is 3.97. The average Bonchev–Trinajstić information content (AvgIpc) is 2.34. The molecule has 6 nitrogen and oxygen atoms in total. The van der Waals surface area contributed by atoms with Gasteiger partial charge in [-0.25, -0.2) is 4.79 Å². The number of ether oxygens (including phenoxy) is 1. The fourth-order valence-corrected chi connectivity index (χ4v) is 2.19. The highest BCUT2D eigenvalue weighted by molar-refractivity contribution is 5.98. The van der Waals surface area contributed by atoms with Gasteiger partial charge in [0.05, 0.1) is 12.7 Å². The Kier molecular flexibility index (Phi) is 5.32. The van der Waals surface area contributed by atoms with E-state index < -0.39 is 11.5 Å². The van der Waals surface area contributed by atoms with Crippen LogP contribution in [0.15, 0.2) is 18.2 Å². The van der Waals surface area contributed by atoms with Crippen LogP contribution in [0.3, 0.4) is 0 Å². The van der Waals surface area contributed by atoms with E-state index >= 15 is 0 Å². The van der Waals surface area contributed by atoms with Gasteiger partial charge in [-0.15, -0.1) is 0 Å². The number of carbonyl (C=O) groups is 2. The molecule has 1 rings (SSSR count). The third-order valence-corrected chi connectivity index (χ3v) is 2.76. The first kappa shape index (κ1) is 17.0. The first-order valence-electron chi connectivity index (χ1n) is 6.54. The summed E-state index contributed by atoms with van der Waals surface area (Å²) in [5.74, 6) is -1.12. The summed E-state index contributed by atoms with van der Waals surface area (Å²) in [7, 11) is 5.07. The minimum Gasteiger partial charge on any atom is -0.508 e. The van der Waals surface area contributed by atoms with Gasteiger partial charge in [-0.05, 0) is 46.1 Å². The number of esters is 1. The van der Waals surface area contributed by atoms with Gasteiger partial charge < -0.3 is 20.1 Å². The third-order valence-electron chi connectivity index (χ3n) is 2.76. The Hall–Kier alpha value is -2.08. The van der Waals surface area contributed by atoms with Gasteiger partial charge in [-0.3, -0.25) is 4.79 Å². The van der Waals surface area contributed by atoms with Gasteiger partial charge in [0.1, 0.15) is 5.75 Å². The molecule has 0 aliphatic heterocycles. The summed E-state index contributed by atoms with van der Waals surface area (Å²) in [4.78, 5) is 25.7. The van der Waals surface area contributed by atoms with Gasteiger partial charge in [0.2, 0.25) is 0 Å². The summed E-state index contributed by atoms with van der Waals surface area (Å²) in [5, 5.41) is 12.5. The summed E-state index contributed by atoms with van der Waals surface area (Å²) in [6.07, 6.45) is 0. The molecule has 0 bridgehead atoms. The summed E-state index contributed by atoms with van der Waals surface area (Å²) < 4.78 is 4.59. The van der Waals surface area contributed by atoms with Crippen LogP contribution in [-0.4, -0.2) is 55.2 Å². The number of likely N-dealkylation sites (N-methyl/N-ethyl adjacent to an activating group) is 1. The molecule has 0 spiro atoms. The lowest BCUT2D eigenvalue weighted by molar-refractivity contribution is 0.0600. The van der Waals surface area contributed by atoms with Crippen molar-refractivity contribution in [2.45, 2.75) is 19.4 Å². The lowest BCUT2D eigenvalue weighted by atomic mass is 10.0. The van der Waals surface area contributed by atoms with Gasteiger partial charge in [-0.1, -0.05) is 0 Å². The molecule has 6 heteroatoms. The second-order valence-corrected chi connectivity index (χ2v) is 5.84. The maximum atomic E-state index is 12.3. The Labute approximate surface area is 124 Å². The number of carbonyl (C=O) groups excluding carboxylic acids is 2. The Morgan fingerprint density at radius 2 is 1.81 bits per heavy atom. The number of phenols is 1. The van der Waals surface area contributed by atoms with Crippen molar-refractivity contribution in [1.29, 1.82) is 0 Å². The molecule has 1 amide bonds. The first-order chi connectivity index (χ1) is 9.64. The number of benzene rings is 1. The van der Waals surface area contributed by atoms with E-state index in [4.69, 9.17) is 0 Å². The van der Waals surface area contributed by atoms with Crippen LogP contribution in [0.5, 0.6) is 5.75 Å². The van der Waals surface area contributed by atoms with E-state index in [9.17, 15) is 14.7 Å². The maximum absolute atomic E-state index is 12.3. The number of phenolic OH excluding ortho intramolecular Hbond substituents is 1. The van der Waals surface area contributed by atoms with E-state index in [0.29, 0.717) is 6.54 Å². The van der Waals surface area contributed by atoms with Crippen molar-refractivity contribution < 1.29 is 19.4 Å². The highest BCUT2D eigenvalue weighted by atomic mass is 16.5. The zero-order valence-electron chi connectivity index (χ0n) is 13.1. The molecule has 0 aromatic heterocycles. The molecule has 0 unspecified atom stereocenters. The Bertz CT molecular complexity index is 538. The average molecular weight is 294 g/mol. The summed E-state index contributed by atoms with van der Waals surface area (Å²) in [6.45, 7) is 4.45. The lowest BCUT2D eigenvalue weighted by Gasteiger charge is -2.29. The molecule has 1 aromatic carbocycles. The van der Waals surface area contributed by atoms with Gasteiger partial charge in [0.15, 0.2) is 0 Å². The van der Waals surface area contributed by atoms with Crippen LogP contribution in [-0.2, 0) is 4.74 Å². The largest absolute Gasteiger partial charge is 0.508 e. The highest BCUT2D eigenvalue weighted by Gasteiger charge is 2.23. The zero-order chi connectivity index (χ0) is 16.2. The lowest BCUT2D eigenvalue weighted by Crippen LogP contribution is -2.50. The predicted octanol–water partition coefficient (Wildman–Crippen LogP) is 1.25. The van der Waals surface area contributed by atoms with Crippen molar-refractivity contribution in [3.05, 3.63) is 29.3 Å². The normalized spacial score (nSPS) is 11.3. The molecule has 21 heavy (non-hydrogen) atoms. The molecule has 0 aliphatic carbocycles. The molecule has 0 saturated carbocycles. The quantitative estimate of drug-likeness (QED) is 0.799. The molecule has 2 N–H and O–H groups in total. The van der Waals surface area contributed by atoms with Crippen molar-refractivity contribution in [3.63, 3.8) is 0 Å². The van der Waals surface area contributed by atoms with Gasteiger partial charge in [0.25, 0.3) is 5.91 Å². The minimum absolute atomic E-state index is 0.132. The number of nitrogens with one attached hydrogen (secondary N) is 1. The molecule has 0 fully saturated rings. The van der Waals surface area contributed by atoms with Gasteiger partial charge in [-0.2, -0.15) is 0 Å². The van der Waals surface area contributed by atoms with E-state index in [2.05, 4.69) is 10.1 Å². The number of hydrogen-bond acceptors (Lipinski definition) is 5. The van der Waals surface area contributed by atoms with Crippen LogP contribution in [0.25, 0.3) is 0 Å². The van der Waals surface area contributed by atoms with E-state index in [0.717, 1.165) is 0 Å². The number of amides is 1. The fraction of sp³-hybridized carbons (Fsp3) is 0.467. The topological polar surface area (TPSA) is 78.9 Å². The monoisotopic (exact) mass is 294 g/mol. The number of nitrogens with zero attached hydrogens (tertiary/aromatic N) is 1. The molecule has 0 heterocycles. The highest BCUT2D eigenvalue weighted by Crippen LogP contribution is 2.17. The van der Waals surface area contributed by atoms with Gasteiger partial charge >= 0.3 is 5.97 Å². The zero-order valence-corrected chi connectivity index (χ0v) is 13.1. The number of methoxy groups -OCH3 is 1. The van der Waals surface area contributed by atoms with Crippen molar-refractivity contribution in [2.24, 2.45) is 0 Å². The van der Waals surface area contributed by atoms with Crippen molar-refractivity contribution in [3.8, 4) is 5.75 Å². The van der Waals surface area contributed by atoms with Crippen LogP contribution in [0, 0.1) is 0 Å². The van der Waals surface area contributed by atoms with E-state index in [-0.39, 0.29) is 22.8 Å². The van der Waals surface area contributed by atoms with E-state index in [1.165, 1.54) is 25.3 Å². The van der Waals surface area contributed by atoms with E-state index in [1.54, 1.807) is 0 Å². The number of rotatable bonds is 5. The van der Waals surface area contributed by atoms with Crippen molar-refractivity contribution >= 4 is 11.9 Å². The van der Waals surface area contributed by atoms with Crippen LogP contribution < -0.4 is 5.32 Å². The Morgan fingerprint density at radius 1 is 1.24 bits per heavy atom. The predicted molar refractivity (Wildman–Crippen MR) is 79.5 cm³/mol. The van der Waals surface area contributed by atoms with Crippen LogP contribution >= 0.6 is 0 Å². The summed E-state index contributed by atoms with van der Waals surface area (Å²) in [5.41, 5.74) is -0.104. The fourth-order valence-electron chi connectivity index (χ4n) is 2.19. The van der Waals surface area contributed by atoms with Gasteiger partial charge in [0, 0.05) is 17.6 Å². The molecule has 0 atom stereocenters. The Morgan fingerprint density at radius 3 is 2.33 bits per heavy atom. The van der Waals surface area contributed by atoms with Crippen LogP contribution in [0.2, 0.25) is 0 Å². The summed E-state index contributed by atoms with van der Waals surface area (Å²) >= 11 is 0. The molecule has 0 aliphatic rings. The number of hydrogen-bond donors (Lipinski definition) is 2. The molecular formula is C15H22N2O4. The Balaban J connectivity index is 2.97. The smallest absolute Gasteiger partial charge is 0.338 e. The SMILES string of the molecule is COC(=O)c1cc(O)cc(C(=O)NC(C)(C)CN(C)C)c1. The number of aromatic hydroxyl groups is 1. The first-order valence-corrected chi connectivity index (χ1v) is 6.54. The minimum atomic E-state index is -0.604. The van der Waals surface area contributed by atoms with Crippen LogP contribution in [0.1, 0.15) is 34.6 Å². The molecule has 116 valence electrons. The molecular weight excluding hydrogens is 272 g/mol. The second kappa shape index (κ2) is 6.58. The standard InChI is InChI=1S/C15H22N2O4/c1-15(2,9-17(3)4)16-13(19)10-6-11(14(20)21-5)8-12(18)7-10/h6-8,18H,9H2,1-5H3,(H,16,19). The maximum Gasteiger partial charge on any atom is 0.338 e. The molecule has 0 saturated heterocycles. The van der Waals surface area contributed by atoms with E-state index in [1.807, 2.05) is 32.8 Å². The van der Waals surface area contributed by atoms with Crippen molar-refractivity contribution in [1.82, 2.24) is 10.2 Å². The molecule has 1 aromatic rings. The second-order valence-electron chi connectivity index (χ2n) is 5.84.